The van der Waals surface area contributed by atoms with Crippen molar-refractivity contribution in [3.63, 3.8) is 0 Å². The molecule has 0 heterocycles. The molecule has 0 aliphatic heterocycles. The van der Waals surface area contributed by atoms with Crippen LogP contribution in [0.5, 0.6) is 0 Å². The van der Waals surface area contributed by atoms with Crippen molar-refractivity contribution >= 4 is 0 Å². The van der Waals surface area contributed by atoms with E-state index in [1.807, 2.05) is 7.05 Å². The van der Waals surface area contributed by atoms with Crippen LogP contribution in [0.4, 0.5) is 8.78 Å². The minimum atomic E-state index is -2.35. The maximum absolute atomic E-state index is 11.9. The van der Waals surface area contributed by atoms with Gasteiger partial charge in [0.15, 0.2) is 0 Å². The first-order valence-electron chi connectivity index (χ1n) is 6.66. The van der Waals surface area contributed by atoms with Gasteiger partial charge in [-0.2, -0.15) is 0 Å². The Morgan fingerprint density at radius 3 is 2.71 bits per heavy atom. The van der Waals surface area contributed by atoms with Crippen LogP contribution >= 0.6 is 0 Å². The molecule has 1 rings (SSSR count). The first-order chi connectivity index (χ1) is 8.13. The Morgan fingerprint density at radius 1 is 1.35 bits per heavy atom. The summed E-state index contributed by atoms with van der Waals surface area (Å²) in [6.07, 6.45) is 3.61. The van der Waals surface area contributed by atoms with Crippen LogP contribution in [0, 0.1) is 11.8 Å². The Bertz CT molecular complexity index is 202. The van der Waals surface area contributed by atoms with Gasteiger partial charge in [-0.15, -0.1) is 0 Å². The molecular weight excluding hydrogens is 224 g/mol. The second-order valence-electron chi connectivity index (χ2n) is 5.18. The monoisotopic (exact) mass is 249 g/mol. The fourth-order valence-electron chi connectivity index (χ4n) is 2.84. The minimum Gasteiger partial charge on any atom is -0.375 e. The summed E-state index contributed by atoms with van der Waals surface area (Å²) < 4.78 is 28.8. The number of hydrogen-bond acceptors (Lipinski definition) is 2. The summed E-state index contributed by atoms with van der Waals surface area (Å²) >= 11 is 0. The molecule has 3 atom stereocenters. The van der Waals surface area contributed by atoms with E-state index in [0.717, 1.165) is 12.3 Å². The van der Waals surface area contributed by atoms with E-state index in [0.29, 0.717) is 18.6 Å². The van der Waals surface area contributed by atoms with Crippen molar-refractivity contribution < 1.29 is 13.5 Å². The first-order valence-corrected chi connectivity index (χ1v) is 6.66. The molecule has 1 N–H and O–H groups in total. The van der Waals surface area contributed by atoms with Gasteiger partial charge in [0, 0.05) is 12.6 Å². The maximum Gasteiger partial charge on any atom is 0.261 e. The smallest absolute Gasteiger partial charge is 0.261 e. The van der Waals surface area contributed by atoms with Crippen LogP contribution in [0.15, 0.2) is 0 Å². The average molecular weight is 249 g/mol. The molecule has 0 aromatic rings. The maximum atomic E-state index is 11.9. The second-order valence-corrected chi connectivity index (χ2v) is 5.18. The van der Waals surface area contributed by atoms with Crippen LogP contribution in [-0.2, 0) is 4.74 Å². The zero-order valence-corrected chi connectivity index (χ0v) is 10.9. The van der Waals surface area contributed by atoms with Gasteiger partial charge in [-0.1, -0.05) is 19.8 Å². The molecule has 3 unspecified atom stereocenters. The molecule has 0 spiro atoms. The zero-order chi connectivity index (χ0) is 12.7. The lowest BCUT2D eigenvalue weighted by Gasteiger charge is -2.33. The Balaban J connectivity index is 2.22. The van der Waals surface area contributed by atoms with Gasteiger partial charge in [-0.25, -0.2) is 8.78 Å². The van der Waals surface area contributed by atoms with Crippen LogP contribution in [0.25, 0.3) is 0 Å². The quantitative estimate of drug-likeness (QED) is 0.700. The predicted molar refractivity (Wildman–Crippen MR) is 65.4 cm³/mol. The Kier molecular flexibility index (Phi) is 6.97. The number of ether oxygens (including phenoxy) is 1. The third-order valence-corrected chi connectivity index (χ3v) is 3.73. The lowest BCUT2D eigenvalue weighted by atomic mass is 9.78. The number of hydrogen-bond donors (Lipinski definition) is 1. The summed E-state index contributed by atoms with van der Waals surface area (Å²) in [6, 6.07) is 0.412. The Morgan fingerprint density at radius 2 is 2.12 bits per heavy atom. The van der Waals surface area contributed by atoms with Gasteiger partial charge < -0.3 is 10.1 Å². The molecule has 17 heavy (non-hydrogen) atoms. The molecule has 1 aliphatic carbocycles. The van der Waals surface area contributed by atoms with E-state index in [9.17, 15) is 8.78 Å². The van der Waals surface area contributed by atoms with Crippen LogP contribution in [0.1, 0.15) is 39.0 Å². The highest BCUT2D eigenvalue weighted by Crippen LogP contribution is 2.31. The van der Waals surface area contributed by atoms with Crippen molar-refractivity contribution in [2.75, 3.05) is 20.3 Å². The third kappa shape index (κ3) is 5.77. The van der Waals surface area contributed by atoms with E-state index in [1.54, 1.807) is 0 Å². The molecule has 1 aliphatic rings. The molecule has 0 amide bonds. The fourth-order valence-corrected chi connectivity index (χ4v) is 2.84. The van der Waals surface area contributed by atoms with E-state index in [1.165, 1.54) is 25.7 Å². The van der Waals surface area contributed by atoms with E-state index >= 15 is 0 Å². The minimum absolute atomic E-state index is 0.412. The van der Waals surface area contributed by atoms with Gasteiger partial charge in [-0.05, 0) is 38.1 Å². The van der Waals surface area contributed by atoms with Crippen molar-refractivity contribution in [1.82, 2.24) is 5.32 Å². The van der Waals surface area contributed by atoms with Crippen LogP contribution in [0.3, 0.4) is 0 Å². The summed E-state index contributed by atoms with van der Waals surface area (Å²) in [7, 11) is 1.96. The highest BCUT2D eigenvalue weighted by atomic mass is 19.3. The summed E-state index contributed by atoms with van der Waals surface area (Å²) in [5, 5.41) is 3.31. The summed E-state index contributed by atoms with van der Waals surface area (Å²) in [5.41, 5.74) is 0. The van der Waals surface area contributed by atoms with Crippen molar-refractivity contribution in [2.24, 2.45) is 11.8 Å². The van der Waals surface area contributed by atoms with Crippen molar-refractivity contribution in [3.8, 4) is 0 Å². The van der Waals surface area contributed by atoms with Crippen molar-refractivity contribution in [3.05, 3.63) is 0 Å². The van der Waals surface area contributed by atoms with Crippen molar-refractivity contribution in [1.29, 1.82) is 0 Å². The number of nitrogens with one attached hydrogen (secondary N) is 1. The second kappa shape index (κ2) is 7.98. The first kappa shape index (κ1) is 14.8. The number of halogens is 2. The molecule has 0 saturated heterocycles. The summed E-state index contributed by atoms with van der Waals surface area (Å²) in [6.45, 7) is 2.30. The molecule has 0 radical (unpaired) electrons. The highest BCUT2D eigenvalue weighted by molar-refractivity contribution is 4.80. The standard InChI is InChI=1S/C13H25F2NO/c1-10-4-3-5-11(8-10)12(16-2)6-7-17-9-13(14)15/h10-13,16H,3-9H2,1-2H3. The summed E-state index contributed by atoms with van der Waals surface area (Å²) in [5.74, 6) is 1.48. The average Bonchev–Trinajstić information content (AvgIpc) is 2.29. The normalized spacial score (nSPS) is 27.4. The molecule has 0 bridgehead atoms. The molecule has 1 saturated carbocycles. The fraction of sp³-hybridized carbons (Fsp3) is 1.00. The van der Waals surface area contributed by atoms with Gasteiger partial charge in [0.25, 0.3) is 6.43 Å². The molecule has 0 aromatic heterocycles. The van der Waals surface area contributed by atoms with Gasteiger partial charge in [0.2, 0.25) is 0 Å². The molecular formula is C13H25F2NO. The van der Waals surface area contributed by atoms with Crippen LogP contribution in [-0.4, -0.2) is 32.7 Å². The lowest BCUT2D eigenvalue weighted by molar-refractivity contribution is 0.0120. The van der Waals surface area contributed by atoms with E-state index in [4.69, 9.17) is 4.74 Å². The van der Waals surface area contributed by atoms with E-state index in [2.05, 4.69) is 12.2 Å². The lowest BCUT2D eigenvalue weighted by Crippen LogP contribution is -2.37. The van der Waals surface area contributed by atoms with E-state index < -0.39 is 13.0 Å². The SMILES string of the molecule is CNC(CCOCC(F)F)C1CCCC(C)C1. The number of alkyl halides is 2. The van der Waals surface area contributed by atoms with Crippen LogP contribution < -0.4 is 5.32 Å². The van der Waals surface area contributed by atoms with Crippen molar-refractivity contribution in [2.45, 2.75) is 51.5 Å². The van der Waals surface area contributed by atoms with Gasteiger partial charge in [-0.3, -0.25) is 0 Å². The summed E-state index contributed by atoms with van der Waals surface area (Å²) in [4.78, 5) is 0. The van der Waals surface area contributed by atoms with Crippen LogP contribution in [0.2, 0.25) is 0 Å². The highest BCUT2D eigenvalue weighted by Gasteiger charge is 2.25. The molecule has 2 nitrogen and oxygen atoms in total. The van der Waals surface area contributed by atoms with Gasteiger partial charge >= 0.3 is 0 Å². The molecule has 102 valence electrons. The Hall–Kier alpha value is -0.220. The molecule has 4 heteroatoms. The number of rotatable bonds is 7. The van der Waals surface area contributed by atoms with Gasteiger partial charge in [0.05, 0.1) is 0 Å². The zero-order valence-electron chi connectivity index (χ0n) is 10.9. The third-order valence-electron chi connectivity index (χ3n) is 3.73. The molecule has 0 aromatic carbocycles. The van der Waals surface area contributed by atoms with E-state index in [-0.39, 0.29) is 0 Å². The van der Waals surface area contributed by atoms with Gasteiger partial charge in [0.1, 0.15) is 6.61 Å². The largest absolute Gasteiger partial charge is 0.375 e. The Labute approximate surface area is 103 Å². The molecule has 1 fully saturated rings. The predicted octanol–water partition coefficient (Wildman–Crippen LogP) is 3.07. The topological polar surface area (TPSA) is 21.3 Å².